The summed E-state index contributed by atoms with van der Waals surface area (Å²) in [7, 11) is 1.49. The first-order chi connectivity index (χ1) is 12.4. The summed E-state index contributed by atoms with van der Waals surface area (Å²) in [4.78, 5) is 36.2. The van der Waals surface area contributed by atoms with E-state index in [0.717, 1.165) is 5.56 Å². The summed E-state index contributed by atoms with van der Waals surface area (Å²) in [5, 5.41) is 5.38. The van der Waals surface area contributed by atoms with E-state index in [9.17, 15) is 14.4 Å². The molecule has 7 heteroatoms. The molecule has 0 amide bonds. The molecule has 0 saturated carbocycles. The third kappa shape index (κ3) is 6.88. The van der Waals surface area contributed by atoms with Gasteiger partial charge in [-0.25, -0.2) is 4.79 Å². The lowest BCUT2D eigenvalue weighted by molar-refractivity contribution is -0.135. The molecule has 0 spiro atoms. The van der Waals surface area contributed by atoms with Crippen molar-refractivity contribution in [3.63, 3.8) is 0 Å². The summed E-state index contributed by atoms with van der Waals surface area (Å²) in [6.07, 6.45) is 3.05. The van der Waals surface area contributed by atoms with Gasteiger partial charge in [0.25, 0.3) is 0 Å². The summed E-state index contributed by atoms with van der Waals surface area (Å²) in [6.45, 7) is 4.95. The van der Waals surface area contributed by atoms with Gasteiger partial charge in [-0.15, -0.1) is 0 Å². The molecule has 0 unspecified atom stereocenters. The van der Waals surface area contributed by atoms with Crippen molar-refractivity contribution < 1.29 is 23.9 Å². The van der Waals surface area contributed by atoms with E-state index >= 15 is 0 Å². The first-order valence-corrected chi connectivity index (χ1v) is 8.18. The molecule has 0 N–H and O–H groups in total. The lowest BCUT2D eigenvalue weighted by Crippen LogP contribution is -2.32. The van der Waals surface area contributed by atoms with Gasteiger partial charge in [0.2, 0.25) is 5.71 Å². The van der Waals surface area contributed by atoms with Gasteiger partial charge in [-0.2, -0.15) is 5.10 Å². The number of ether oxygens (including phenoxy) is 2. The summed E-state index contributed by atoms with van der Waals surface area (Å²) in [5.41, 5.74) is 1.14. The zero-order chi connectivity index (χ0) is 19.5. The Kier molecular flexibility index (Phi) is 8.77. The molecule has 0 aromatic heterocycles. The lowest BCUT2D eigenvalue weighted by atomic mass is 10.1. The number of benzene rings is 1. The maximum Gasteiger partial charge on any atom is 0.362 e. The van der Waals surface area contributed by atoms with Gasteiger partial charge in [-0.1, -0.05) is 23.8 Å². The fraction of sp³-hybridized carbons (Fsp3) is 0.368. The molecule has 0 aliphatic heterocycles. The Morgan fingerprint density at radius 3 is 2.58 bits per heavy atom. The molecule has 26 heavy (non-hydrogen) atoms. The van der Waals surface area contributed by atoms with E-state index < -0.39 is 11.8 Å². The van der Waals surface area contributed by atoms with Crippen molar-refractivity contribution in [2.45, 2.75) is 20.8 Å². The molecule has 1 rings (SSSR count). The van der Waals surface area contributed by atoms with E-state index in [4.69, 9.17) is 9.47 Å². The van der Waals surface area contributed by atoms with Crippen LogP contribution in [0.3, 0.4) is 0 Å². The molecular weight excluding hydrogens is 336 g/mol. The third-order valence-electron chi connectivity index (χ3n) is 3.26. The number of hydrazone groups is 1. The highest BCUT2D eigenvalue weighted by Crippen LogP contribution is 2.07. The maximum absolute atomic E-state index is 12.5. The standard InChI is InChI=1S/C19H24N2O5/c1-5-26-19(24)18(15(3)22)20-21(10-7-11-25-4)13-17(23)16-9-6-8-14(2)12-16/h6-9,11-12H,5,10,13H2,1-4H3/b11-7+,20-18+. The zero-order valence-electron chi connectivity index (χ0n) is 15.5. The normalized spacial score (nSPS) is 11.3. The Morgan fingerprint density at radius 1 is 1.27 bits per heavy atom. The molecular formula is C19H24N2O5. The molecule has 1 aromatic rings. The number of aryl methyl sites for hydroxylation is 1. The molecule has 1 aromatic carbocycles. The van der Waals surface area contributed by atoms with Crippen LogP contribution in [0.25, 0.3) is 0 Å². The Hall–Kier alpha value is -2.96. The van der Waals surface area contributed by atoms with E-state index in [1.54, 1.807) is 31.2 Å². The Morgan fingerprint density at radius 2 is 2.00 bits per heavy atom. The quantitative estimate of drug-likeness (QED) is 0.159. The van der Waals surface area contributed by atoms with Crippen LogP contribution in [0.4, 0.5) is 0 Å². The molecule has 0 aliphatic carbocycles. The van der Waals surface area contributed by atoms with Crippen LogP contribution in [-0.4, -0.2) is 55.1 Å². The van der Waals surface area contributed by atoms with Crippen molar-refractivity contribution in [3.8, 4) is 0 Å². The second-order valence-electron chi connectivity index (χ2n) is 5.47. The van der Waals surface area contributed by atoms with Crippen LogP contribution in [0.2, 0.25) is 0 Å². The van der Waals surface area contributed by atoms with E-state index in [2.05, 4.69) is 5.10 Å². The predicted octanol–water partition coefficient (Wildman–Crippen LogP) is 2.15. The average molecular weight is 360 g/mol. The minimum atomic E-state index is -0.816. The lowest BCUT2D eigenvalue weighted by Gasteiger charge is -2.18. The summed E-state index contributed by atoms with van der Waals surface area (Å²) in [5.74, 6) is -1.54. The third-order valence-corrected chi connectivity index (χ3v) is 3.26. The van der Waals surface area contributed by atoms with Gasteiger partial charge in [0, 0.05) is 12.5 Å². The number of nitrogens with zero attached hydrogens (tertiary/aromatic N) is 2. The highest BCUT2D eigenvalue weighted by Gasteiger charge is 2.20. The number of rotatable bonds is 10. The minimum absolute atomic E-state index is 0.103. The maximum atomic E-state index is 12.5. The monoisotopic (exact) mass is 360 g/mol. The average Bonchev–Trinajstić information content (AvgIpc) is 2.59. The minimum Gasteiger partial charge on any atom is -0.505 e. The van der Waals surface area contributed by atoms with Gasteiger partial charge in [0.1, 0.15) is 0 Å². The van der Waals surface area contributed by atoms with Crippen LogP contribution in [-0.2, 0) is 19.1 Å². The molecule has 7 nitrogen and oxygen atoms in total. The first-order valence-electron chi connectivity index (χ1n) is 8.18. The van der Waals surface area contributed by atoms with Crippen LogP contribution in [0.1, 0.15) is 29.8 Å². The number of carbonyl (C=O) groups is 3. The van der Waals surface area contributed by atoms with Crippen LogP contribution in [0, 0.1) is 6.92 Å². The van der Waals surface area contributed by atoms with Gasteiger partial charge in [-0.3, -0.25) is 14.6 Å². The van der Waals surface area contributed by atoms with Crippen LogP contribution in [0.15, 0.2) is 41.7 Å². The predicted molar refractivity (Wildman–Crippen MR) is 98.0 cm³/mol. The van der Waals surface area contributed by atoms with Crippen LogP contribution >= 0.6 is 0 Å². The van der Waals surface area contributed by atoms with Crippen LogP contribution in [0.5, 0.6) is 0 Å². The highest BCUT2D eigenvalue weighted by atomic mass is 16.5. The summed E-state index contributed by atoms with van der Waals surface area (Å²) in [6, 6.07) is 7.16. The van der Waals surface area contributed by atoms with E-state index in [0.29, 0.717) is 5.56 Å². The molecule has 140 valence electrons. The van der Waals surface area contributed by atoms with Crippen molar-refractivity contribution in [2.75, 3.05) is 26.8 Å². The number of ketones is 2. The van der Waals surface area contributed by atoms with Crippen molar-refractivity contribution in [1.29, 1.82) is 0 Å². The van der Waals surface area contributed by atoms with E-state index in [1.165, 1.54) is 25.3 Å². The number of Topliss-reactive ketones (excluding diaryl/α,β-unsaturated/α-hetero) is 2. The van der Waals surface area contributed by atoms with Crippen molar-refractivity contribution in [2.24, 2.45) is 5.10 Å². The van der Waals surface area contributed by atoms with Gasteiger partial charge >= 0.3 is 5.97 Å². The fourth-order valence-electron chi connectivity index (χ4n) is 2.07. The topological polar surface area (TPSA) is 85.3 Å². The number of carbonyl (C=O) groups excluding carboxylic acids is 3. The van der Waals surface area contributed by atoms with Crippen molar-refractivity contribution >= 4 is 23.2 Å². The molecule has 0 aliphatic rings. The number of hydrogen-bond acceptors (Lipinski definition) is 7. The number of methoxy groups -OCH3 is 1. The smallest absolute Gasteiger partial charge is 0.362 e. The Labute approximate surface area is 153 Å². The number of esters is 1. The Balaban J connectivity index is 3.07. The second kappa shape index (κ2) is 10.8. The van der Waals surface area contributed by atoms with Crippen LogP contribution < -0.4 is 0 Å². The Bertz CT molecular complexity index is 710. The molecule has 0 saturated heterocycles. The number of hydrogen-bond donors (Lipinski definition) is 0. The molecule has 0 bridgehead atoms. The molecule has 0 atom stereocenters. The fourth-order valence-corrected chi connectivity index (χ4v) is 2.07. The van der Waals surface area contributed by atoms with Crippen molar-refractivity contribution in [1.82, 2.24) is 5.01 Å². The van der Waals surface area contributed by atoms with Gasteiger partial charge in [0.05, 0.1) is 33.1 Å². The molecule has 0 heterocycles. The molecule has 0 fully saturated rings. The highest BCUT2D eigenvalue weighted by molar-refractivity contribution is 6.63. The largest absolute Gasteiger partial charge is 0.505 e. The summed E-state index contributed by atoms with van der Waals surface area (Å²) >= 11 is 0. The van der Waals surface area contributed by atoms with Gasteiger partial charge in [-0.05, 0) is 26.0 Å². The first kappa shape index (κ1) is 21.1. The SMILES string of the molecule is CCOC(=O)/C(=N/N(C/C=C/OC)CC(=O)c1cccc(C)c1)C(C)=O. The van der Waals surface area contributed by atoms with E-state index in [-0.39, 0.29) is 31.2 Å². The second-order valence-corrected chi connectivity index (χ2v) is 5.47. The van der Waals surface area contributed by atoms with Gasteiger partial charge < -0.3 is 9.47 Å². The molecule has 0 radical (unpaired) electrons. The summed E-state index contributed by atoms with van der Waals surface area (Å²) < 4.78 is 9.69. The van der Waals surface area contributed by atoms with E-state index in [1.807, 2.05) is 13.0 Å². The zero-order valence-corrected chi connectivity index (χ0v) is 15.5. The van der Waals surface area contributed by atoms with Gasteiger partial charge in [0.15, 0.2) is 11.6 Å². The van der Waals surface area contributed by atoms with Crippen molar-refractivity contribution in [3.05, 3.63) is 47.7 Å².